The van der Waals surface area contributed by atoms with E-state index in [4.69, 9.17) is 0 Å². The molecule has 0 fully saturated rings. The van der Waals surface area contributed by atoms with Crippen LogP contribution in [0, 0.1) is 5.82 Å². The van der Waals surface area contributed by atoms with E-state index in [1.165, 1.54) is 23.1 Å². The van der Waals surface area contributed by atoms with Crippen molar-refractivity contribution in [3.8, 4) is 11.1 Å². The van der Waals surface area contributed by atoms with Gasteiger partial charge < -0.3 is 10.2 Å². The molecule has 0 aliphatic rings. The highest BCUT2D eigenvalue weighted by Crippen LogP contribution is 2.33. The lowest BCUT2D eigenvalue weighted by Crippen LogP contribution is -2.33. The van der Waals surface area contributed by atoms with Crippen LogP contribution in [0.5, 0.6) is 0 Å². The predicted octanol–water partition coefficient (Wildman–Crippen LogP) is 4.22. The molecule has 0 bridgehead atoms. The van der Waals surface area contributed by atoms with Crippen LogP contribution >= 0.6 is 12.4 Å². The Morgan fingerprint density at radius 3 is 2.46 bits per heavy atom. The Bertz CT molecular complexity index is 765. The Balaban J connectivity index is 0.00000338. The highest BCUT2D eigenvalue weighted by atomic mass is 35.5. The molecule has 0 atom stereocenters. The SMILES string of the molecule is CNCCN(C)C(=O)c1cc(F)ccc1-c1cccc(C(F)(F)F)c1.Cl. The Morgan fingerprint density at radius 1 is 1.15 bits per heavy atom. The maximum absolute atomic E-state index is 13.6. The van der Waals surface area contributed by atoms with Crippen LogP contribution in [0.15, 0.2) is 42.5 Å². The van der Waals surface area contributed by atoms with Gasteiger partial charge in [0.05, 0.1) is 11.1 Å². The standard InChI is InChI=1S/C18H18F4N2O.ClH/c1-23-8-9-24(2)17(25)16-11-14(19)6-7-15(16)12-4-3-5-13(10-12)18(20,21)22;/h3-7,10-11,23H,8-9H2,1-2H3;1H. The van der Waals surface area contributed by atoms with Crippen molar-refractivity contribution < 1.29 is 22.4 Å². The van der Waals surface area contributed by atoms with Crippen LogP contribution in [0.2, 0.25) is 0 Å². The third-order valence-corrected chi connectivity index (χ3v) is 3.76. The summed E-state index contributed by atoms with van der Waals surface area (Å²) in [6, 6.07) is 8.14. The molecular weight excluding hydrogens is 372 g/mol. The van der Waals surface area contributed by atoms with Crippen molar-refractivity contribution in [3.63, 3.8) is 0 Å². The first-order valence-corrected chi connectivity index (χ1v) is 7.61. The molecule has 0 aliphatic carbocycles. The van der Waals surface area contributed by atoms with E-state index < -0.39 is 23.5 Å². The number of hydrogen-bond acceptors (Lipinski definition) is 2. The summed E-state index contributed by atoms with van der Waals surface area (Å²) in [6.07, 6.45) is -4.50. The van der Waals surface area contributed by atoms with Gasteiger partial charge in [0.2, 0.25) is 0 Å². The second kappa shape index (κ2) is 9.00. The van der Waals surface area contributed by atoms with Crippen molar-refractivity contribution in [2.45, 2.75) is 6.18 Å². The summed E-state index contributed by atoms with van der Waals surface area (Å²) in [5.74, 6) is -1.08. The van der Waals surface area contributed by atoms with Crippen LogP contribution < -0.4 is 5.32 Å². The van der Waals surface area contributed by atoms with Crippen molar-refractivity contribution in [2.24, 2.45) is 0 Å². The molecule has 0 saturated carbocycles. The van der Waals surface area contributed by atoms with E-state index in [-0.39, 0.29) is 29.1 Å². The lowest BCUT2D eigenvalue weighted by atomic mass is 9.97. The van der Waals surface area contributed by atoms with Gasteiger partial charge >= 0.3 is 6.18 Å². The van der Waals surface area contributed by atoms with Gasteiger partial charge in [0.1, 0.15) is 5.82 Å². The molecule has 0 heterocycles. The molecule has 2 rings (SSSR count). The highest BCUT2D eigenvalue weighted by Gasteiger charge is 2.30. The summed E-state index contributed by atoms with van der Waals surface area (Å²) in [4.78, 5) is 14.0. The van der Waals surface area contributed by atoms with Crippen molar-refractivity contribution >= 4 is 18.3 Å². The van der Waals surface area contributed by atoms with Crippen LogP contribution in [-0.2, 0) is 6.18 Å². The van der Waals surface area contributed by atoms with Crippen LogP contribution in [0.25, 0.3) is 11.1 Å². The first-order chi connectivity index (χ1) is 11.7. The summed E-state index contributed by atoms with van der Waals surface area (Å²) in [5.41, 5.74) is -0.330. The molecule has 0 radical (unpaired) electrons. The van der Waals surface area contributed by atoms with Crippen LogP contribution in [0.1, 0.15) is 15.9 Å². The largest absolute Gasteiger partial charge is 0.416 e. The zero-order valence-corrected chi connectivity index (χ0v) is 15.0. The number of amides is 1. The Kier molecular flexibility index (Phi) is 7.59. The molecule has 8 heteroatoms. The summed E-state index contributed by atoms with van der Waals surface area (Å²) in [6.45, 7) is 0.921. The normalized spacial score (nSPS) is 11.0. The van der Waals surface area contributed by atoms with Crippen LogP contribution in [-0.4, -0.2) is 38.0 Å². The fourth-order valence-corrected chi connectivity index (χ4v) is 2.39. The first-order valence-electron chi connectivity index (χ1n) is 7.61. The minimum absolute atomic E-state index is 0. The van der Waals surface area contributed by atoms with Gasteiger partial charge in [0.25, 0.3) is 5.91 Å². The molecule has 0 aromatic heterocycles. The predicted molar refractivity (Wildman–Crippen MR) is 95.0 cm³/mol. The third kappa shape index (κ3) is 5.19. The number of likely N-dealkylation sites (N-methyl/N-ethyl adjacent to an activating group) is 2. The summed E-state index contributed by atoms with van der Waals surface area (Å²) in [5, 5.41) is 2.89. The van der Waals surface area contributed by atoms with E-state index >= 15 is 0 Å². The quantitative estimate of drug-likeness (QED) is 0.775. The molecule has 2 aromatic rings. The number of carbonyl (C=O) groups is 1. The molecule has 1 N–H and O–H groups in total. The third-order valence-electron chi connectivity index (χ3n) is 3.76. The molecule has 142 valence electrons. The Hall–Kier alpha value is -2.12. The smallest absolute Gasteiger partial charge is 0.340 e. The number of rotatable bonds is 5. The first kappa shape index (κ1) is 21.9. The summed E-state index contributed by atoms with van der Waals surface area (Å²) >= 11 is 0. The monoisotopic (exact) mass is 390 g/mol. The van der Waals surface area contributed by atoms with Gasteiger partial charge in [-0.2, -0.15) is 13.2 Å². The van der Waals surface area contributed by atoms with Gasteiger partial charge in [-0.25, -0.2) is 4.39 Å². The average molecular weight is 391 g/mol. The van der Waals surface area contributed by atoms with Gasteiger partial charge in [0.15, 0.2) is 0 Å². The van der Waals surface area contributed by atoms with Crippen molar-refractivity contribution in [1.29, 1.82) is 0 Å². The molecule has 0 spiro atoms. The molecule has 0 aliphatic heterocycles. The minimum atomic E-state index is -4.50. The second-order valence-electron chi connectivity index (χ2n) is 5.60. The van der Waals surface area contributed by atoms with E-state index in [1.54, 1.807) is 14.1 Å². The van der Waals surface area contributed by atoms with E-state index in [2.05, 4.69) is 5.32 Å². The minimum Gasteiger partial charge on any atom is -0.340 e. The maximum Gasteiger partial charge on any atom is 0.416 e. The number of nitrogens with zero attached hydrogens (tertiary/aromatic N) is 1. The molecular formula is C18H19ClF4N2O. The molecule has 0 saturated heterocycles. The number of halogens is 5. The van der Waals surface area contributed by atoms with Crippen molar-refractivity contribution in [3.05, 3.63) is 59.4 Å². The van der Waals surface area contributed by atoms with Gasteiger partial charge in [-0.15, -0.1) is 12.4 Å². The number of carbonyl (C=O) groups excluding carboxylic acids is 1. The second-order valence-corrected chi connectivity index (χ2v) is 5.60. The lowest BCUT2D eigenvalue weighted by Gasteiger charge is -2.19. The van der Waals surface area contributed by atoms with E-state index in [1.807, 2.05) is 0 Å². The summed E-state index contributed by atoms with van der Waals surface area (Å²) < 4.78 is 52.4. The molecule has 1 amide bonds. The van der Waals surface area contributed by atoms with Gasteiger partial charge in [-0.05, 0) is 42.4 Å². The maximum atomic E-state index is 13.6. The Labute approximate surface area is 155 Å². The van der Waals surface area contributed by atoms with Gasteiger partial charge in [-0.3, -0.25) is 4.79 Å². The van der Waals surface area contributed by atoms with E-state index in [9.17, 15) is 22.4 Å². The van der Waals surface area contributed by atoms with Crippen LogP contribution in [0.4, 0.5) is 17.6 Å². The number of alkyl halides is 3. The van der Waals surface area contributed by atoms with Crippen molar-refractivity contribution in [2.75, 3.05) is 27.2 Å². The molecule has 2 aromatic carbocycles. The fraction of sp³-hybridized carbons (Fsp3) is 0.278. The van der Waals surface area contributed by atoms with Crippen molar-refractivity contribution in [1.82, 2.24) is 10.2 Å². The molecule has 3 nitrogen and oxygen atoms in total. The zero-order valence-electron chi connectivity index (χ0n) is 14.2. The topological polar surface area (TPSA) is 32.3 Å². The number of nitrogens with one attached hydrogen (secondary N) is 1. The average Bonchev–Trinajstić information content (AvgIpc) is 2.58. The Morgan fingerprint density at radius 2 is 1.85 bits per heavy atom. The van der Waals surface area contributed by atoms with E-state index in [0.29, 0.717) is 13.1 Å². The molecule has 26 heavy (non-hydrogen) atoms. The molecule has 0 unspecified atom stereocenters. The van der Waals surface area contributed by atoms with Gasteiger partial charge in [-0.1, -0.05) is 18.2 Å². The number of hydrogen-bond donors (Lipinski definition) is 1. The van der Waals surface area contributed by atoms with Gasteiger partial charge in [0, 0.05) is 20.1 Å². The zero-order chi connectivity index (χ0) is 18.6. The summed E-state index contributed by atoms with van der Waals surface area (Å²) in [7, 11) is 3.29. The fourth-order valence-electron chi connectivity index (χ4n) is 2.39. The number of benzene rings is 2. The van der Waals surface area contributed by atoms with Crippen LogP contribution in [0.3, 0.4) is 0 Å². The highest BCUT2D eigenvalue weighted by molar-refractivity contribution is 6.00. The lowest BCUT2D eigenvalue weighted by molar-refractivity contribution is -0.137. The van der Waals surface area contributed by atoms with E-state index in [0.717, 1.165) is 24.3 Å².